The lowest BCUT2D eigenvalue weighted by molar-refractivity contribution is -0.355. The second kappa shape index (κ2) is 8.90. The number of aliphatic hydroxyl groups is 4. The molecular weight excluding hydrogens is 402 g/mol. The molecule has 3 saturated heterocycles. The van der Waals surface area contributed by atoms with Crippen molar-refractivity contribution in [2.45, 2.75) is 81.6 Å². The summed E-state index contributed by atoms with van der Waals surface area (Å²) in [7, 11) is 0. The van der Waals surface area contributed by atoms with Crippen molar-refractivity contribution in [1.82, 2.24) is 10.6 Å². The molecule has 3 aliphatic rings. The van der Waals surface area contributed by atoms with Gasteiger partial charge in [0.05, 0.1) is 50.1 Å². The van der Waals surface area contributed by atoms with E-state index in [1.54, 1.807) is 6.92 Å². The summed E-state index contributed by atoms with van der Waals surface area (Å²) < 4.78 is 23.3. The highest BCUT2D eigenvalue weighted by Crippen LogP contribution is 2.60. The second-order valence-electron chi connectivity index (χ2n) is 8.16. The van der Waals surface area contributed by atoms with Crippen LogP contribution in [0.15, 0.2) is 0 Å². The minimum Gasteiger partial charge on any atom is -0.395 e. The first-order valence-corrected chi connectivity index (χ1v) is 10.2. The van der Waals surface area contributed by atoms with Crippen LogP contribution in [0.4, 0.5) is 0 Å². The molecule has 7 unspecified atom stereocenters. The standard InChI is InChI=1S/C18H33N3O9/c1-4-9(5-22)27-16(10(19)6-23)30-17(3)18(21-17)12-11(7-24)28-15(26)13(14(12)29-18)20-8(2)25/h9-16,21-24,26H,4-7,19H2,1-3H3,(H,20,25)/t9?,10-,11-,12?,13?,14?,15+,16?,17?,18?/m0/s1. The predicted molar refractivity (Wildman–Crippen MR) is 100 cm³/mol. The fraction of sp³-hybridized carbons (Fsp3) is 0.944. The number of nitrogens with one attached hydrogen (secondary N) is 2. The van der Waals surface area contributed by atoms with E-state index >= 15 is 0 Å². The van der Waals surface area contributed by atoms with Crippen molar-refractivity contribution in [3.8, 4) is 0 Å². The average molecular weight is 435 g/mol. The summed E-state index contributed by atoms with van der Waals surface area (Å²) in [6.45, 7) is 3.85. The Balaban J connectivity index is 1.75. The van der Waals surface area contributed by atoms with E-state index in [9.17, 15) is 25.2 Å². The van der Waals surface area contributed by atoms with Gasteiger partial charge in [-0.15, -0.1) is 0 Å². The quantitative estimate of drug-likeness (QED) is 0.134. The number of carbonyl (C=O) groups excluding carboxylic acids is 1. The van der Waals surface area contributed by atoms with Crippen molar-refractivity contribution >= 4 is 5.91 Å². The van der Waals surface area contributed by atoms with Gasteiger partial charge in [0.25, 0.3) is 0 Å². The maximum absolute atomic E-state index is 11.5. The highest BCUT2D eigenvalue weighted by atomic mass is 16.7. The van der Waals surface area contributed by atoms with E-state index in [1.165, 1.54) is 6.92 Å². The van der Waals surface area contributed by atoms with E-state index in [4.69, 9.17) is 24.7 Å². The lowest BCUT2D eigenvalue weighted by atomic mass is 9.76. The SMILES string of the molecule is CCC(CO)OC(OC1(C)NC12OC1C(NC(C)=O)[C@H](O)O[C@@H](CO)C12)[C@@H](N)CO. The summed E-state index contributed by atoms with van der Waals surface area (Å²) in [5.74, 6) is -0.799. The third-order valence-electron chi connectivity index (χ3n) is 6.04. The maximum atomic E-state index is 11.5. The number of nitrogens with two attached hydrogens (primary N) is 1. The van der Waals surface area contributed by atoms with Crippen molar-refractivity contribution in [2.24, 2.45) is 11.7 Å². The molecule has 8 N–H and O–H groups in total. The summed E-state index contributed by atoms with van der Waals surface area (Å²) >= 11 is 0. The van der Waals surface area contributed by atoms with Gasteiger partial charge in [-0.3, -0.25) is 10.1 Å². The summed E-state index contributed by atoms with van der Waals surface area (Å²) in [5.41, 5.74) is 3.79. The normalized spacial score (nSPS) is 42.7. The molecule has 12 nitrogen and oxygen atoms in total. The van der Waals surface area contributed by atoms with Crippen molar-refractivity contribution in [1.29, 1.82) is 0 Å². The number of hydrogen-bond acceptors (Lipinski definition) is 11. The minimum absolute atomic E-state index is 0.234. The van der Waals surface area contributed by atoms with Gasteiger partial charge in [0.1, 0.15) is 6.04 Å². The third kappa shape index (κ3) is 3.97. The Bertz CT molecular complexity index is 624. The largest absolute Gasteiger partial charge is 0.395 e. The molecule has 3 aliphatic heterocycles. The van der Waals surface area contributed by atoms with Crippen LogP contribution in [-0.4, -0.2) is 101 Å². The topological polar surface area (TPSA) is 195 Å². The molecule has 10 atom stereocenters. The molecule has 3 rings (SSSR count). The average Bonchev–Trinajstić information content (AvgIpc) is 3.32. The van der Waals surface area contributed by atoms with Crippen molar-refractivity contribution < 1.29 is 44.2 Å². The zero-order valence-corrected chi connectivity index (χ0v) is 17.4. The van der Waals surface area contributed by atoms with Gasteiger partial charge in [-0.05, 0) is 13.3 Å². The molecule has 0 bridgehead atoms. The molecule has 1 amide bonds. The molecule has 12 heteroatoms. The molecular formula is C18H33N3O9. The van der Waals surface area contributed by atoms with Crippen LogP contribution in [0.5, 0.6) is 0 Å². The molecule has 0 aromatic carbocycles. The summed E-state index contributed by atoms with van der Waals surface area (Å²) in [4.78, 5) is 11.5. The van der Waals surface area contributed by atoms with Crippen LogP contribution in [0.2, 0.25) is 0 Å². The summed E-state index contributed by atoms with van der Waals surface area (Å²) in [6.07, 6.45) is -3.75. The van der Waals surface area contributed by atoms with Crippen LogP contribution in [0.3, 0.4) is 0 Å². The molecule has 0 aromatic rings. The number of aliphatic hydroxyl groups excluding tert-OH is 4. The van der Waals surface area contributed by atoms with Crippen molar-refractivity contribution in [3.63, 3.8) is 0 Å². The lowest BCUT2D eigenvalue weighted by Crippen LogP contribution is -2.74. The maximum Gasteiger partial charge on any atom is 0.217 e. The van der Waals surface area contributed by atoms with Gasteiger partial charge < -0.3 is 50.4 Å². The molecule has 3 fully saturated rings. The van der Waals surface area contributed by atoms with Crippen LogP contribution < -0.4 is 16.4 Å². The first kappa shape index (κ1) is 23.7. The van der Waals surface area contributed by atoms with Gasteiger partial charge in [0.15, 0.2) is 24.0 Å². The highest BCUT2D eigenvalue weighted by molar-refractivity contribution is 5.73. The Morgan fingerprint density at radius 2 is 2.03 bits per heavy atom. The molecule has 3 heterocycles. The number of rotatable bonds is 10. The van der Waals surface area contributed by atoms with Gasteiger partial charge in [-0.1, -0.05) is 6.92 Å². The molecule has 1 spiro atoms. The monoisotopic (exact) mass is 435 g/mol. The van der Waals surface area contributed by atoms with Crippen LogP contribution in [0.1, 0.15) is 27.2 Å². The number of hydrogen-bond donors (Lipinski definition) is 7. The van der Waals surface area contributed by atoms with E-state index in [2.05, 4.69) is 10.6 Å². The lowest BCUT2D eigenvalue weighted by Gasteiger charge is -2.56. The molecule has 174 valence electrons. The Morgan fingerprint density at radius 3 is 2.57 bits per heavy atom. The van der Waals surface area contributed by atoms with Crippen LogP contribution in [-0.2, 0) is 23.7 Å². The van der Waals surface area contributed by atoms with Gasteiger partial charge in [-0.2, -0.15) is 0 Å². The first-order chi connectivity index (χ1) is 14.2. The Kier molecular flexibility index (Phi) is 7.04. The summed E-state index contributed by atoms with van der Waals surface area (Å²) in [6, 6.07) is -1.68. The van der Waals surface area contributed by atoms with Crippen molar-refractivity contribution in [2.75, 3.05) is 19.8 Å². The minimum atomic E-state index is -1.33. The Labute approximate surface area is 174 Å². The number of amides is 1. The number of ether oxygens (including phenoxy) is 4. The van der Waals surface area contributed by atoms with Crippen LogP contribution in [0.25, 0.3) is 0 Å². The van der Waals surface area contributed by atoms with E-state index in [-0.39, 0.29) is 19.1 Å². The zero-order valence-electron chi connectivity index (χ0n) is 17.4. The smallest absolute Gasteiger partial charge is 0.217 e. The van der Waals surface area contributed by atoms with Gasteiger partial charge in [-0.25, -0.2) is 0 Å². The predicted octanol–water partition coefficient (Wildman–Crippen LogP) is -3.32. The molecule has 0 aromatic heterocycles. The van der Waals surface area contributed by atoms with Gasteiger partial charge in [0.2, 0.25) is 5.91 Å². The third-order valence-corrected chi connectivity index (χ3v) is 6.04. The zero-order chi connectivity index (χ0) is 22.3. The fourth-order valence-corrected chi connectivity index (χ4v) is 4.33. The second-order valence-corrected chi connectivity index (χ2v) is 8.16. The molecule has 0 radical (unpaired) electrons. The van der Waals surface area contributed by atoms with Gasteiger partial charge >= 0.3 is 0 Å². The first-order valence-electron chi connectivity index (χ1n) is 10.2. The Hall–Kier alpha value is -0.930. The van der Waals surface area contributed by atoms with Crippen molar-refractivity contribution in [3.05, 3.63) is 0 Å². The van der Waals surface area contributed by atoms with Gasteiger partial charge in [0, 0.05) is 6.92 Å². The van der Waals surface area contributed by atoms with E-state index in [0.29, 0.717) is 6.42 Å². The van der Waals surface area contributed by atoms with E-state index < -0.39 is 67.0 Å². The van der Waals surface area contributed by atoms with Crippen LogP contribution in [0, 0.1) is 5.92 Å². The van der Waals surface area contributed by atoms with Crippen LogP contribution >= 0.6 is 0 Å². The number of fused-ring (bicyclic) bond motifs is 2. The molecule has 30 heavy (non-hydrogen) atoms. The highest BCUT2D eigenvalue weighted by Gasteiger charge is 2.83. The van der Waals surface area contributed by atoms with E-state index in [1.807, 2.05) is 6.92 Å². The molecule has 0 aliphatic carbocycles. The molecule has 0 saturated carbocycles. The summed E-state index contributed by atoms with van der Waals surface area (Å²) in [5, 5.41) is 44.6. The fourth-order valence-electron chi connectivity index (χ4n) is 4.33. The Morgan fingerprint density at radius 1 is 1.33 bits per heavy atom. The number of carbonyl (C=O) groups is 1. The van der Waals surface area contributed by atoms with E-state index in [0.717, 1.165) is 0 Å².